The van der Waals surface area contributed by atoms with E-state index < -0.39 is 0 Å². The summed E-state index contributed by atoms with van der Waals surface area (Å²) in [6, 6.07) is 7.65. The number of aromatic nitrogens is 3. The van der Waals surface area contributed by atoms with Crippen LogP contribution in [-0.4, -0.2) is 55.4 Å². The number of hydrogen-bond donors (Lipinski definition) is 0. The van der Waals surface area contributed by atoms with Crippen LogP contribution in [0.1, 0.15) is 41.0 Å². The van der Waals surface area contributed by atoms with Crippen LogP contribution in [0.3, 0.4) is 0 Å². The molecule has 0 N–H and O–H groups in total. The van der Waals surface area contributed by atoms with Gasteiger partial charge in [-0.25, -0.2) is 0 Å². The van der Waals surface area contributed by atoms with E-state index in [0.29, 0.717) is 31.5 Å². The molecule has 2 fully saturated rings. The number of piperidine rings is 1. The average Bonchev–Trinajstić information content (AvgIpc) is 3.08. The molecule has 4 heterocycles. The van der Waals surface area contributed by atoms with Gasteiger partial charge in [-0.15, -0.1) is 0 Å². The summed E-state index contributed by atoms with van der Waals surface area (Å²) < 4.78 is 0. The summed E-state index contributed by atoms with van der Waals surface area (Å²) in [6.45, 7) is 3.10. The molecule has 2 atom stereocenters. The molecule has 0 saturated carbocycles. The first kappa shape index (κ1) is 16.6. The first-order valence-corrected chi connectivity index (χ1v) is 8.93. The standard InChI is InChI=1S/C19H21N5O2/c1-13-3-2-4-15(22-13)12-24-17-8-10-23(16(17)5-6-18(24)25)19(26)14-7-9-20-21-11-14/h2-4,7,9,11,16-17H,5-6,8,10,12H2,1H3/t16-,17-/m0/s1. The van der Waals surface area contributed by atoms with E-state index in [0.717, 1.165) is 17.8 Å². The van der Waals surface area contributed by atoms with Crippen LogP contribution in [0, 0.1) is 6.92 Å². The molecule has 2 aromatic rings. The molecule has 2 amide bonds. The number of aryl methyl sites for hydroxylation is 1. The van der Waals surface area contributed by atoms with Crippen molar-refractivity contribution in [3.8, 4) is 0 Å². The van der Waals surface area contributed by atoms with Crippen molar-refractivity contribution in [1.82, 2.24) is 25.0 Å². The summed E-state index contributed by atoms with van der Waals surface area (Å²) in [6.07, 6.45) is 5.00. The van der Waals surface area contributed by atoms with Crippen LogP contribution in [0.2, 0.25) is 0 Å². The quantitative estimate of drug-likeness (QED) is 0.839. The number of likely N-dealkylation sites (tertiary alicyclic amines) is 2. The van der Waals surface area contributed by atoms with Crippen LogP contribution in [-0.2, 0) is 11.3 Å². The number of pyridine rings is 1. The third-order valence-electron chi connectivity index (χ3n) is 5.26. The number of carbonyl (C=O) groups excluding carboxylic acids is 2. The van der Waals surface area contributed by atoms with E-state index in [9.17, 15) is 9.59 Å². The number of carbonyl (C=O) groups is 2. The van der Waals surface area contributed by atoms with Gasteiger partial charge < -0.3 is 9.80 Å². The van der Waals surface area contributed by atoms with Crippen molar-refractivity contribution in [1.29, 1.82) is 0 Å². The fraction of sp³-hybridized carbons (Fsp3) is 0.421. The first-order valence-electron chi connectivity index (χ1n) is 8.93. The number of nitrogens with zero attached hydrogens (tertiary/aromatic N) is 5. The lowest BCUT2D eigenvalue weighted by atomic mass is 9.95. The van der Waals surface area contributed by atoms with Crippen molar-refractivity contribution in [3.05, 3.63) is 53.6 Å². The Kier molecular flexibility index (Phi) is 4.36. The lowest BCUT2D eigenvalue weighted by Gasteiger charge is -2.39. The van der Waals surface area contributed by atoms with Gasteiger partial charge in [-0.3, -0.25) is 14.6 Å². The van der Waals surface area contributed by atoms with Crippen LogP contribution >= 0.6 is 0 Å². The minimum atomic E-state index is -0.0321. The molecule has 0 aliphatic carbocycles. The third kappa shape index (κ3) is 3.05. The maximum absolute atomic E-state index is 12.8. The maximum atomic E-state index is 12.8. The molecular weight excluding hydrogens is 330 g/mol. The van der Waals surface area contributed by atoms with E-state index in [1.54, 1.807) is 6.07 Å². The molecule has 2 aromatic heterocycles. The van der Waals surface area contributed by atoms with Crippen molar-refractivity contribution < 1.29 is 9.59 Å². The predicted octanol–water partition coefficient (Wildman–Crippen LogP) is 1.59. The zero-order valence-electron chi connectivity index (χ0n) is 14.7. The number of rotatable bonds is 3. The van der Waals surface area contributed by atoms with E-state index in [1.807, 2.05) is 34.9 Å². The number of fused-ring (bicyclic) bond motifs is 1. The summed E-state index contributed by atoms with van der Waals surface area (Å²) in [5, 5.41) is 7.53. The Morgan fingerprint density at radius 3 is 2.85 bits per heavy atom. The molecule has 134 valence electrons. The maximum Gasteiger partial charge on any atom is 0.255 e. The molecule has 2 saturated heterocycles. The molecule has 0 spiro atoms. The van der Waals surface area contributed by atoms with E-state index in [1.165, 1.54) is 12.4 Å². The summed E-state index contributed by atoms with van der Waals surface area (Å²) in [7, 11) is 0. The van der Waals surface area contributed by atoms with Crippen LogP contribution in [0.25, 0.3) is 0 Å². The van der Waals surface area contributed by atoms with Gasteiger partial charge in [-0.05, 0) is 38.0 Å². The summed E-state index contributed by atoms with van der Waals surface area (Å²) in [4.78, 5) is 33.7. The second-order valence-electron chi connectivity index (χ2n) is 6.88. The highest BCUT2D eigenvalue weighted by Crippen LogP contribution is 2.33. The molecule has 7 heteroatoms. The number of amides is 2. The summed E-state index contributed by atoms with van der Waals surface area (Å²) >= 11 is 0. The molecule has 0 aromatic carbocycles. The fourth-order valence-corrected chi connectivity index (χ4v) is 4.05. The average molecular weight is 351 g/mol. The lowest BCUT2D eigenvalue weighted by Crippen LogP contribution is -2.52. The van der Waals surface area contributed by atoms with Gasteiger partial charge in [0.25, 0.3) is 5.91 Å². The van der Waals surface area contributed by atoms with Gasteiger partial charge in [0, 0.05) is 18.7 Å². The van der Waals surface area contributed by atoms with Crippen LogP contribution in [0.15, 0.2) is 36.7 Å². The summed E-state index contributed by atoms with van der Waals surface area (Å²) in [5.41, 5.74) is 2.38. The van der Waals surface area contributed by atoms with Crippen LogP contribution < -0.4 is 0 Å². The van der Waals surface area contributed by atoms with Crippen LogP contribution in [0.5, 0.6) is 0 Å². The SMILES string of the molecule is Cc1cccc(CN2C(=O)CC[C@H]3[C@@H]2CCN3C(=O)c2ccnnc2)n1. The molecular formula is C19H21N5O2. The molecule has 4 rings (SSSR count). The van der Waals surface area contributed by atoms with Crippen molar-refractivity contribution in [3.63, 3.8) is 0 Å². The van der Waals surface area contributed by atoms with Crippen molar-refractivity contribution in [2.45, 2.75) is 44.8 Å². The Morgan fingerprint density at radius 1 is 1.19 bits per heavy atom. The van der Waals surface area contributed by atoms with Gasteiger partial charge in [0.2, 0.25) is 5.91 Å². The Morgan fingerprint density at radius 2 is 2.08 bits per heavy atom. The fourth-order valence-electron chi connectivity index (χ4n) is 4.05. The van der Waals surface area contributed by atoms with Gasteiger partial charge in [-0.1, -0.05) is 6.07 Å². The molecule has 26 heavy (non-hydrogen) atoms. The predicted molar refractivity (Wildman–Crippen MR) is 94.0 cm³/mol. The van der Waals surface area contributed by atoms with E-state index in [-0.39, 0.29) is 23.9 Å². The van der Waals surface area contributed by atoms with Gasteiger partial charge in [0.05, 0.1) is 42.3 Å². The molecule has 2 aliphatic heterocycles. The van der Waals surface area contributed by atoms with E-state index >= 15 is 0 Å². The Labute approximate surface area is 152 Å². The Balaban J connectivity index is 1.54. The van der Waals surface area contributed by atoms with Crippen molar-refractivity contribution in [2.24, 2.45) is 0 Å². The van der Waals surface area contributed by atoms with Crippen molar-refractivity contribution in [2.75, 3.05) is 6.54 Å². The van der Waals surface area contributed by atoms with Gasteiger partial charge in [-0.2, -0.15) is 10.2 Å². The van der Waals surface area contributed by atoms with Gasteiger partial charge >= 0.3 is 0 Å². The van der Waals surface area contributed by atoms with Crippen LogP contribution in [0.4, 0.5) is 0 Å². The monoisotopic (exact) mass is 351 g/mol. The highest BCUT2D eigenvalue weighted by molar-refractivity contribution is 5.94. The van der Waals surface area contributed by atoms with E-state index in [4.69, 9.17) is 0 Å². The highest BCUT2D eigenvalue weighted by atomic mass is 16.2. The normalized spacial score (nSPS) is 22.4. The smallest absolute Gasteiger partial charge is 0.255 e. The largest absolute Gasteiger partial charge is 0.333 e. The second kappa shape index (κ2) is 6.82. The van der Waals surface area contributed by atoms with Gasteiger partial charge in [0.15, 0.2) is 0 Å². The molecule has 2 aliphatic rings. The van der Waals surface area contributed by atoms with Crippen molar-refractivity contribution >= 4 is 11.8 Å². The summed E-state index contributed by atoms with van der Waals surface area (Å²) in [5.74, 6) is 0.116. The topological polar surface area (TPSA) is 79.3 Å². The highest BCUT2D eigenvalue weighted by Gasteiger charge is 2.45. The zero-order valence-corrected chi connectivity index (χ0v) is 14.7. The Bertz CT molecular complexity index is 826. The Hall–Kier alpha value is -2.83. The molecule has 0 radical (unpaired) electrons. The third-order valence-corrected chi connectivity index (χ3v) is 5.26. The minimum Gasteiger partial charge on any atom is -0.333 e. The zero-order chi connectivity index (χ0) is 18.1. The minimum absolute atomic E-state index is 0.0321. The molecule has 7 nitrogen and oxygen atoms in total. The number of hydrogen-bond acceptors (Lipinski definition) is 5. The molecule has 0 bridgehead atoms. The first-order chi connectivity index (χ1) is 12.6. The lowest BCUT2D eigenvalue weighted by molar-refractivity contribution is -0.138. The van der Waals surface area contributed by atoms with E-state index in [2.05, 4.69) is 15.2 Å². The van der Waals surface area contributed by atoms with Gasteiger partial charge in [0.1, 0.15) is 0 Å². The second-order valence-corrected chi connectivity index (χ2v) is 6.88. The molecule has 0 unspecified atom stereocenters.